The van der Waals surface area contributed by atoms with E-state index >= 15 is 0 Å². The van der Waals surface area contributed by atoms with E-state index in [1.165, 1.54) is 24.2 Å². The third-order valence-electron chi connectivity index (χ3n) is 2.90. The van der Waals surface area contributed by atoms with E-state index in [1.54, 1.807) is 7.11 Å². The number of nitrogens with one attached hydrogen (secondary N) is 1. The molecule has 3 rings (SSSR count). The van der Waals surface area contributed by atoms with Crippen LogP contribution >= 0.6 is 27.3 Å². The molecule has 0 spiro atoms. The molecular weight excluding hydrogens is 342 g/mol. The molecule has 0 radical (unpaired) electrons. The maximum Gasteiger partial charge on any atom is 0.299 e. The monoisotopic (exact) mass is 355 g/mol. The number of ether oxygens (including phenoxy) is 2. The quantitative estimate of drug-likeness (QED) is 0.860. The number of hydrogen-bond acceptors (Lipinski definition) is 6. The molecule has 2 aromatic rings. The molecule has 1 aromatic heterocycles. The van der Waals surface area contributed by atoms with E-state index in [0.29, 0.717) is 17.0 Å². The summed E-state index contributed by atoms with van der Waals surface area (Å²) in [6.07, 6.45) is 2.53. The van der Waals surface area contributed by atoms with Crippen molar-refractivity contribution in [1.29, 1.82) is 0 Å². The molecule has 7 heteroatoms. The summed E-state index contributed by atoms with van der Waals surface area (Å²) in [4.78, 5) is 0. The van der Waals surface area contributed by atoms with Crippen LogP contribution in [0.15, 0.2) is 22.7 Å². The van der Waals surface area contributed by atoms with E-state index in [1.807, 2.05) is 18.2 Å². The van der Waals surface area contributed by atoms with Crippen LogP contribution in [0, 0.1) is 0 Å². The van der Waals surface area contributed by atoms with Crippen molar-refractivity contribution in [3.8, 4) is 16.7 Å². The molecule has 1 heterocycles. The van der Waals surface area contributed by atoms with Crippen molar-refractivity contribution in [3.63, 3.8) is 0 Å². The molecule has 5 nitrogen and oxygen atoms in total. The van der Waals surface area contributed by atoms with Gasteiger partial charge in [0.2, 0.25) is 0 Å². The van der Waals surface area contributed by atoms with Crippen LogP contribution in [0.2, 0.25) is 0 Å². The summed E-state index contributed by atoms with van der Waals surface area (Å²) in [5.41, 5.74) is 0. The second-order valence-corrected chi connectivity index (χ2v) is 6.39. The molecule has 1 saturated carbocycles. The van der Waals surface area contributed by atoms with Crippen LogP contribution in [0.25, 0.3) is 0 Å². The van der Waals surface area contributed by atoms with E-state index in [0.717, 1.165) is 21.8 Å². The fourth-order valence-electron chi connectivity index (χ4n) is 1.66. The average Bonchev–Trinajstić information content (AvgIpc) is 3.18. The minimum atomic E-state index is 0.545. The van der Waals surface area contributed by atoms with Gasteiger partial charge < -0.3 is 14.8 Å². The summed E-state index contributed by atoms with van der Waals surface area (Å²) in [5.74, 6) is 1.47. The lowest BCUT2D eigenvalue weighted by Gasteiger charge is -2.05. The summed E-state index contributed by atoms with van der Waals surface area (Å²) in [7, 11) is 1.63. The van der Waals surface area contributed by atoms with Gasteiger partial charge >= 0.3 is 0 Å². The van der Waals surface area contributed by atoms with Gasteiger partial charge in [0.05, 0.1) is 18.1 Å². The Morgan fingerprint density at radius 1 is 1.40 bits per heavy atom. The normalized spacial score (nSPS) is 14.3. The fraction of sp³-hybridized carbons (Fsp3) is 0.385. The standard InChI is InChI=1S/C13H14BrN3O2S/c1-18-9-4-5-11(10(14)6-9)19-13-17-16-12(20-13)7-15-8-2-3-8/h4-6,8,15H,2-3,7H2,1H3. The summed E-state index contributed by atoms with van der Waals surface area (Å²) in [6, 6.07) is 6.20. The van der Waals surface area contributed by atoms with E-state index in [4.69, 9.17) is 9.47 Å². The zero-order valence-electron chi connectivity index (χ0n) is 10.9. The molecule has 0 saturated heterocycles. The highest BCUT2D eigenvalue weighted by Crippen LogP contribution is 2.33. The van der Waals surface area contributed by atoms with Crippen LogP contribution in [0.1, 0.15) is 17.8 Å². The zero-order chi connectivity index (χ0) is 13.9. The van der Waals surface area contributed by atoms with Crippen molar-refractivity contribution < 1.29 is 9.47 Å². The van der Waals surface area contributed by atoms with Gasteiger partial charge in [-0.25, -0.2) is 0 Å². The van der Waals surface area contributed by atoms with E-state index < -0.39 is 0 Å². The first-order valence-corrected chi connectivity index (χ1v) is 7.92. The van der Waals surface area contributed by atoms with Gasteiger partial charge in [0.1, 0.15) is 16.5 Å². The first-order chi connectivity index (χ1) is 9.74. The zero-order valence-corrected chi connectivity index (χ0v) is 13.3. The number of methoxy groups -OCH3 is 1. The Morgan fingerprint density at radius 2 is 2.25 bits per heavy atom. The minimum absolute atomic E-state index is 0.545. The van der Waals surface area contributed by atoms with Crippen molar-refractivity contribution in [3.05, 3.63) is 27.7 Å². The van der Waals surface area contributed by atoms with Crippen molar-refractivity contribution in [2.75, 3.05) is 7.11 Å². The lowest BCUT2D eigenvalue weighted by atomic mass is 10.3. The molecule has 0 aliphatic heterocycles. The second kappa shape index (κ2) is 6.07. The van der Waals surface area contributed by atoms with Gasteiger partial charge in [-0.1, -0.05) is 16.4 Å². The third kappa shape index (κ3) is 3.47. The highest BCUT2D eigenvalue weighted by atomic mass is 79.9. The molecule has 0 atom stereocenters. The number of hydrogen-bond donors (Lipinski definition) is 1. The van der Waals surface area contributed by atoms with Crippen LogP contribution < -0.4 is 14.8 Å². The lowest BCUT2D eigenvalue weighted by Crippen LogP contribution is -2.14. The smallest absolute Gasteiger partial charge is 0.299 e. The Labute approximate surface area is 129 Å². The second-order valence-electron chi connectivity index (χ2n) is 4.52. The highest BCUT2D eigenvalue weighted by Gasteiger charge is 2.20. The molecule has 0 bridgehead atoms. The van der Waals surface area contributed by atoms with Gasteiger partial charge in [-0.3, -0.25) is 0 Å². The number of nitrogens with zero attached hydrogens (tertiary/aromatic N) is 2. The van der Waals surface area contributed by atoms with Crippen molar-refractivity contribution in [2.24, 2.45) is 0 Å². The van der Waals surface area contributed by atoms with Gasteiger partial charge in [-0.05, 0) is 47.0 Å². The Balaban J connectivity index is 1.64. The molecule has 0 amide bonds. The molecular formula is C13H14BrN3O2S. The molecule has 1 aliphatic rings. The minimum Gasteiger partial charge on any atom is -0.497 e. The Hall–Kier alpha value is -1.18. The Kier molecular flexibility index (Phi) is 4.18. The summed E-state index contributed by atoms with van der Waals surface area (Å²) < 4.78 is 11.7. The highest BCUT2D eigenvalue weighted by molar-refractivity contribution is 9.10. The van der Waals surface area contributed by atoms with Gasteiger partial charge in [0.15, 0.2) is 0 Å². The molecule has 106 valence electrons. The van der Waals surface area contributed by atoms with E-state index in [9.17, 15) is 0 Å². The largest absolute Gasteiger partial charge is 0.497 e. The van der Waals surface area contributed by atoms with Crippen LogP contribution in [0.3, 0.4) is 0 Å². The number of rotatable bonds is 6. The molecule has 1 N–H and O–H groups in total. The average molecular weight is 356 g/mol. The van der Waals surface area contributed by atoms with Crippen molar-refractivity contribution >= 4 is 27.3 Å². The van der Waals surface area contributed by atoms with E-state index in [-0.39, 0.29) is 0 Å². The first-order valence-electron chi connectivity index (χ1n) is 6.32. The maximum absolute atomic E-state index is 5.73. The molecule has 1 aromatic carbocycles. The number of benzene rings is 1. The maximum atomic E-state index is 5.73. The van der Waals surface area contributed by atoms with Crippen molar-refractivity contribution in [2.45, 2.75) is 25.4 Å². The van der Waals surface area contributed by atoms with Gasteiger partial charge in [-0.15, -0.1) is 5.10 Å². The Morgan fingerprint density at radius 3 is 2.95 bits per heavy atom. The third-order valence-corrected chi connectivity index (χ3v) is 4.32. The predicted molar refractivity (Wildman–Crippen MR) is 80.5 cm³/mol. The molecule has 1 fully saturated rings. The van der Waals surface area contributed by atoms with Crippen LogP contribution in [0.4, 0.5) is 0 Å². The topological polar surface area (TPSA) is 56.3 Å². The Bertz CT molecular complexity index is 601. The van der Waals surface area contributed by atoms with Gasteiger partial charge in [0.25, 0.3) is 5.19 Å². The van der Waals surface area contributed by atoms with Gasteiger partial charge in [-0.2, -0.15) is 0 Å². The molecule has 20 heavy (non-hydrogen) atoms. The first kappa shape index (κ1) is 13.8. The number of aromatic nitrogens is 2. The van der Waals surface area contributed by atoms with Crippen LogP contribution in [0.5, 0.6) is 16.7 Å². The fourth-order valence-corrected chi connectivity index (χ4v) is 2.75. The predicted octanol–water partition coefficient (Wildman–Crippen LogP) is 3.35. The molecule has 1 aliphatic carbocycles. The van der Waals surface area contributed by atoms with Gasteiger partial charge in [0, 0.05) is 6.04 Å². The summed E-state index contributed by atoms with van der Waals surface area (Å²) >= 11 is 4.91. The lowest BCUT2D eigenvalue weighted by molar-refractivity contribution is 0.412. The van der Waals surface area contributed by atoms with Crippen LogP contribution in [-0.2, 0) is 6.54 Å². The summed E-state index contributed by atoms with van der Waals surface area (Å²) in [5, 5.41) is 13.1. The van der Waals surface area contributed by atoms with E-state index in [2.05, 4.69) is 31.4 Å². The number of halogens is 1. The van der Waals surface area contributed by atoms with Crippen LogP contribution in [-0.4, -0.2) is 23.3 Å². The SMILES string of the molecule is COc1ccc(Oc2nnc(CNC3CC3)s2)c(Br)c1. The molecule has 0 unspecified atom stereocenters. The summed E-state index contributed by atoms with van der Waals surface area (Å²) in [6.45, 7) is 0.759. The van der Waals surface area contributed by atoms with Crippen molar-refractivity contribution in [1.82, 2.24) is 15.5 Å².